The van der Waals surface area contributed by atoms with Gasteiger partial charge in [0.05, 0.1) is 44.1 Å². The molecule has 2 N–H and O–H groups in total. The Morgan fingerprint density at radius 3 is 2.67 bits per heavy atom. The summed E-state index contributed by atoms with van der Waals surface area (Å²) in [5.41, 5.74) is 1.70. The number of aliphatic hydroxyl groups is 1. The number of hydrogen-bond acceptors (Lipinski definition) is 8. The third kappa shape index (κ3) is 5.13. The Morgan fingerprint density at radius 1 is 1.12 bits per heavy atom. The van der Waals surface area contributed by atoms with Crippen LogP contribution in [0.2, 0.25) is 5.02 Å². The van der Waals surface area contributed by atoms with Gasteiger partial charge in [-0.2, -0.15) is 5.10 Å². The normalized spacial score (nSPS) is 10.8. The van der Waals surface area contributed by atoms with Gasteiger partial charge in [-0.1, -0.05) is 11.6 Å². The van der Waals surface area contributed by atoms with E-state index in [2.05, 4.69) is 20.4 Å². The van der Waals surface area contributed by atoms with Crippen LogP contribution in [0, 0.1) is 0 Å². The highest BCUT2D eigenvalue weighted by atomic mass is 35.5. The number of carbonyl (C=O) groups excluding carboxylic acids is 1. The molecule has 0 atom stereocenters. The first-order valence-electron chi connectivity index (χ1n) is 9.76. The highest BCUT2D eigenvalue weighted by Crippen LogP contribution is 2.35. The average Bonchev–Trinajstić information content (AvgIpc) is 3.24. The molecule has 0 bridgehead atoms. The summed E-state index contributed by atoms with van der Waals surface area (Å²) >= 11 is 6.01. The third-order valence-corrected chi connectivity index (χ3v) is 4.88. The fourth-order valence-electron chi connectivity index (χ4n) is 3.20. The minimum Gasteiger partial charge on any atom is -0.493 e. The van der Waals surface area contributed by atoms with Crippen molar-refractivity contribution in [2.45, 2.75) is 13.2 Å². The second-order valence-corrected chi connectivity index (χ2v) is 7.37. The zero-order valence-electron chi connectivity index (χ0n) is 17.8. The lowest BCUT2D eigenvalue weighted by atomic mass is 10.2. The molecule has 2 aromatic heterocycles. The van der Waals surface area contributed by atoms with Crippen LogP contribution in [0.3, 0.4) is 0 Å². The van der Waals surface area contributed by atoms with Gasteiger partial charge < -0.3 is 24.6 Å². The van der Waals surface area contributed by atoms with Crippen molar-refractivity contribution in [1.82, 2.24) is 19.7 Å². The number of amides is 1. The lowest BCUT2D eigenvalue weighted by Crippen LogP contribution is -2.19. The van der Waals surface area contributed by atoms with Crippen LogP contribution in [0.4, 0.5) is 5.69 Å². The van der Waals surface area contributed by atoms with Gasteiger partial charge in [0, 0.05) is 16.8 Å². The quantitative estimate of drug-likeness (QED) is 0.402. The third-order valence-electron chi connectivity index (χ3n) is 4.66. The van der Waals surface area contributed by atoms with Crippen molar-refractivity contribution < 1.29 is 24.1 Å². The van der Waals surface area contributed by atoms with Gasteiger partial charge in [0.15, 0.2) is 17.2 Å². The van der Waals surface area contributed by atoms with Crippen molar-refractivity contribution >= 4 is 34.1 Å². The SMILES string of the molecule is COc1cc2ncnc(Oc3cnn(CC(=O)Nc4cc(Cl)cc(CO)c4)c3)c2cc1OC. The summed E-state index contributed by atoms with van der Waals surface area (Å²) in [6.45, 7) is -0.237. The van der Waals surface area contributed by atoms with Crippen molar-refractivity contribution in [3.63, 3.8) is 0 Å². The molecular formula is C22H20ClN5O5. The van der Waals surface area contributed by atoms with Crippen LogP contribution in [0.5, 0.6) is 23.1 Å². The molecule has 0 radical (unpaired) electrons. The molecule has 1 amide bonds. The molecule has 11 heteroatoms. The van der Waals surface area contributed by atoms with Crippen LogP contribution < -0.4 is 19.5 Å². The van der Waals surface area contributed by atoms with Gasteiger partial charge >= 0.3 is 0 Å². The number of methoxy groups -OCH3 is 2. The summed E-state index contributed by atoms with van der Waals surface area (Å²) in [5, 5.41) is 17.2. The number of nitrogens with zero attached hydrogens (tertiary/aromatic N) is 4. The van der Waals surface area contributed by atoms with Gasteiger partial charge in [0.1, 0.15) is 12.9 Å². The number of carbonyl (C=O) groups is 1. The zero-order chi connectivity index (χ0) is 23.4. The summed E-state index contributed by atoms with van der Waals surface area (Å²) in [5.74, 6) is 1.44. The Labute approximate surface area is 193 Å². The first-order chi connectivity index (χ1) is 16.0. The number of fused-ring (bicyclic) bond motifs is 1. The molecule has 4 rings (SSSR count). The fraction of sp³-hybridized carbons (Fsp3) is 0.182. The largest absolute Gasteiger partial charge is 0.493 e. The number of rotatable bonds is 8. The standard InChI is InChI=1S/C22H20ClN5O5/c1-31-19-6-17-18(7-20(19)32-2)24-12-25-22(17)33-16-8-26-28(9-16)10-21(30)27-15-4-13(11-29)3-14(23)5-15/h3-9,12,29H,10-11H2,1-2H3,(H,27,30). The first-order valence-corrected chi connectivity index (χ1v) is 10.1. The molecule has 2 aromatic carbocycles. The van der Waals surface area contributed by atoms with E-state index in [4.69, 9.17) is 25.8 Å². The highest BCUT2D eigenvalue weighted by molar-refractivity contribution is 6.31. The predicted molar refractivity (Wildman–Crippen MR) is 121 cm³/mol. The molecule has 2 heterocycles. The van der Waals surface area contributed by atoms with Gasteiger partial charge in [0.25, 0.3) is 0 Å². The van der Waals surface area contributed by atoms with Crippen molar-refractivity contribution in [2.75, 3.05) is 19.5 Å². The molecule has 170 valence electrons. The molecular weight excluding hydrogens is 450 g/mol. The van der Waals surface area contributed by atoms with Crippen molar-refractivity contribution in [3.05, 3.63) is 59.6 Å². The molecule has 0 saturated carbocycles. The summed E-state index contributed by atoms with van der Waals surface area (Å²) < 4.78 is 18.0. The molecule has 0 spiro atoms. The number of halogens is 1. The van der Waals surface area contributed by atoms with E-state index in [1.165, 1.54) is 24.3 Å². The number of benzene rings is 2. The van der Waals surface area contributed by atoms with E-state index in [9.17, 15) is 9.90 Å². The summed E-state index contributed by atoms with van der Waals surface area (Å²) in [6.07, 6.45) is 4.43. The molecule has 10 nitrogen and oxygen atoms in total. The van der Waals surface area contributed by atoms with Crippen LogP contribution in [0.15, 0.2) is 49.1 Å². The Hall–Kier alpha value is -3.89. The van der Waals surface area contributed by atoms with Crippen molar-refractivity contribution in [3.8, 4) is 23.1 Å². The van der Waals surface area contributed by atoms with Gasteiger partial charge in [-0.25, -0.2) is 9.97 Å². The summed E-state index contributed by atoms with van der Waals surface area (Å²) in [4.78, 5) is 20.9. The smallest absolute Gasteiger partial charge is 0.246 e. The molecule has 0 aliphatic rings. The maximum absolute atomic E-state index is 12.4. The number of hydrogen-bond donors (Lipinski definition) is 2. The van der Waals surface area contributed by atoms with Crippen LogP contribution >= 0.6 is 11.6 Å². The van der Waals surface area contributed by atoms with E-state index < -0.39 is 0 Å². The minimum atomic E-state index is -0.319. The average molecular weight is 470 g/mol. The van der Waals surface area contributed by atoms with Crippen molar-refractivity contribution in [2.24, 2.45) is 0 Å². The zero-order valence-corrected chi connectivity index (χ0v) is 18.5. The van der Waals surface area contributed by atoms with Crippen LogP contribution in [-0.2, 0) is 17.9 Å². The summed E-state index contributed by atoms with van der Waals surface area (Å²) in [7, 11) is 3.09. The van der Waals surface area contributed by atoms with E-state index in [1.807, 2.05) is 0 Å². The number of aliphatic hydroxyl groups excluding tert-OH is 1. The molecule has 0 aliphatic heterocycles. The Morgan fingerprint density at radius 2 is 1.91 bits per heavy atom. The predicted octanol–water partition coefficient (Wildman–Crippen LogP) is 3.42. The van der Waals surface area contributed by atoms with Gasteiger partial charge in [0.2, 0.25) is 11.8 Å². The topological polar surface area (TPSA) is 121 Å². The molecule has 33 heavy (non-hydrogen) atoms. The lowest BCUT2D eigenvalue weighted by Gasteiger charge is -2.10. The fourth-order valence-corrected chi connectivity index (χ4v) is 3.46. The van der Waals surface area contributed by atoms with E-state index in [-0.39, 0.29) is 19.1 Å². The first kappa shape index (κ1) is 22.3. The van der Waals surface area contributed by atoms with Gasteiger partial charge in [-0.3, -0.25) is 9.48 Å². The van der Waals surface area contributed by atoms with Gasteiger partial charge in [-0.15, -0.1) is 0 Å². The van der Waals surface area contributed by atoms with Crippen LogP contribution in [-0.4, -0.2) is 45.0 Å². The molecule has 0 unspecified atom stereocenters. The van der Waals surface area contributed by atoms with E-state index in [0.717, 1.165) is 0 Å². The summed E-state index contributed by atoms with van der Waals surface area (Å²) in [6, 6.07) is 8.32. The minimum absolute atomic E-state index is 0.0557. The number of aromatic nitrogens is 4. The second kappa shape index (κ2) is 9.72. The molecule has 4 aromatic rings. The van der Waals surface area contributed by atoms with Crippen LogP contribution in [0.1, 0.15) is 5.56 Å². The lowest BCUT2D eigenvalue weighted by molar-refractivity contribution is -0.116. The van der Waals surface area contributed by atoms with Crippen LogP contribution in [0.25, 0.3) is 10.9 Å². The van der Waals surface area contributed by atoms with E-state index in [1.54, 1.807) is 43.6 Å². The maximum atomic E-state index is 12.4. The number of anilines is 1. The van der Waals surface area contributed by atoms with E-state index in [0.29, 0.717) is 50.3 Å². The molecule has 0 aliphatic carbocycles. The van der Waals surface area contributed by atoms with Gasteiger partial charge in [-0.05, 0) is 29.8 Å². The maximum Gasteiger partial charge on any atom is 0.246 e. The monoisotopic (exact) mass is 469 g/mol. The number of nitrogens with one attached hydrogen (secondary N) is 1. The molecule has 0 fully saturated rings. The Bertz CT molecular complexity index is 1310. The Balaban J connectivity index is 1.48. The molecule has 0 saturated heterocycles. The van der Waals surface area contributed by atoms with Crippen molar-refractivity contribution in [1.29, 1.82) is 0 Å². The Kier molecular flexibility index (Phi) is 6.57. The highest BCUT2D eigenvalue weighted by Gasteiger charge is 2.14. The van der Waals surface area contributed by atoms with E-state index >= 15 is 0 Å². The second-order valence-electron chi connectivity index (χ2n) is 6.93. The number of ether oxygens (including phenoxy) is 3.